The number of aryl methyl sites for hydroxylation is 1. The molecular formula is C18H21N3O5S2. The third kappa shape index (κ3) is 3.18. The number of anilines is 1. The van der Waals surface area contributed by atoms with Crippen LogP contribution in [-0.4, -0.2) is 67.4 Å². The maximum absolute atomic E-state index is 12.7. The Balaban J connectivity index is 1.55. The summed E-state index contributed by atoms with van der Waals surface area (Å²) in [6.45, 7) is 0.104. The van der Waals surface area contributed by atoms with Gasteiger partial charge >= 0.3 is 6.03 Å². The van der Waals surface area contributed by atoms with Gasteiger partial charge in [0.15, 0.2) is 5.78 Å². The second-order valence-electron chi connectivity index (χ2n) is 7.41. The highest BCUT2D eigenvalue weighted by molar-refractivity contribution is 7.99. The van der Waals surface area contributed by atoms with E-state index < -0.39 is 21.6 Å². The second-order valence-corrected chi connectivity index (χ2v) is 10.4. The normalized spacial score (nSPS) is 24.6. The number of nitrogens with zero attached hydrogens (tertiary/aromatic N) is 2. The van der Waals surface area contributed by atoms with Crippen LogP contribution in [0.4, 0.5) is 10.5 Å². The summed E-state index contributed by atoms with van der Waals surface area (Å²) in [5.41, 5.74) is 0.871. The van der Waals surface area contributed by atoms with Gasteiger partial charge in [0.05, 0.1) is 18.5 Å². The van der Waals surface area contributed by atoms with Crippen molar-refractivity contribution in [1.82, 2.24) is 10.2 Å². The van der Waals surface area contributed by atoms with Crippen molar-refractivity contribution in [3.05, 3.63) is 29.3 Å². The van der Waals surface area contributed by atoms with Crippen LogP contribution in [0.1, 0.15) is 28.8 Å². The molecule has 3 amide bonds. The number of rotatable bonds is 4. The van der Waals surface area contributed by atoms with Crippen LogP contribution in [0.15, 0.2) is 18.2 Å². The number of carbonyl (C=O) groups is 3. The Hall–Kier alpha value is -2.07. The topological polar surface area (TPSA) is 104 Å². The van der Waals surface area contributed by atoms with Gasteiger partial charge in [0.25, 0.3) is 5.91 Å². The summed E-state index contributed by atoms with van der Waals surface area (Å²) < 4.78 is 25.3. The molecule has 4 rings (SSSR count). The maximum Gasteiger partial charge on any atom is 0.325 e. The highest BCUT2D eigenvalue weighted by atomic mass is 32.2. The molecule has 1 spiro atoms. The molecule has 10 heteroatoms. The summed E-state index contributed by atoms with van der Waals surface area (Å²) >= 11 is 1.61. The first-order chi connectivity index (χ1) is 13.2. The first-order valence-corrected chi connectivity index (χ1v) is 12.1. The molecule has 0 aliphatic carbocycles. The lowest BCUT2D eigenvalue weighted by molar-refractivity contribution is -0.130. The molecule has 150 valence electrons. The van der Waals surface area contributed by atoms with Crippen LogP contribution in [-0.2, 0) is 21.2 Å². The standard InChI is InChI=1S/C18H21N3O5S2/c1-28(25,26)21-7-2-3-12-9-13(4-5-14(12)21)15(22)10-20-16(23)18(19-17(20)24)6-8-27-11-18/h4-5,9H,2-3,6-8,10-11H2,1H3,(H,19,24). The Bertz CT molecular complexity index is 969. The smallest absolute Gasteiger partial charge is 0.322 e. The predicted octanol–water partition coefficient (Wildman–Crippen LogP) is 1.01. The van der Waals surface area contributed by atoms with Gasteiger partial charge in [-0.3, -0.25) is 18.8 Å². The van der Waals surface area contributed by atoms with E-state index in [0.29, 0.717) is 42.8 Å². The number of hydrogen-bond acceptors (Lipinski definition) is 6. The quantitative estimate of drug-likeness (QED) is 0.573. The molecule has 3 heterocycles. The number of carbonyl (C=O) groups excluding carboxylic acids is 3. The molecular weight excluding hydrogens is 402 g/mol. The molecule has 1 atom stereocenters. The number of Topliss-reactive ketones (excluding diaryl/α,β-unsaturated/α-hetero) is 1. The summed E-state index contributed by atoms with van der Waals surface area (Å²) in [6.07, 6.45) is 3.08. The van der Waals surface area contributed by atoms with Gasteiger partial charge in [-0.1, -0.05) is 0 Å². The highest BCUT2D eigenvalue weighted by Gasteiger charge is 2.53. The Morgan fingerprint density at radius 2 is 2.11 bits per heavy atom. The molecule has 0 radical (unpaired) electrons. The number of benzene rings is 1. The van der Waals surface area contributed by atoms with Gasteiger partial charge in [0.2, 0.25) is 10.0 Å². The van der Waals surface area contributed by atoms with Gasteiger partial charge in [-0.15, -0.1) is 0 Å². The zero-order chi connectivity index (χ0) is 20.1. The van der Waals surface area contributed by atoms with Crippen molar-refractivity contribution in [2.45, 2.75) is 24.8 Å². The van der Waals surface area contributed by atoms with Crippen molar-refractivity contribution in [2.75, 3.05) is 35.2 Å². The number of amides is 3. The number of hydrogen-bond donors (Lipinski definition) is 1. The van der Waals surface area contributed by atoms with Crippen molar-refractivity contribution in [1.29, 1.82) is 0 Å². The van der Waals surface area contributed by atoms with Crippen LogP contribution >= 0.6 is 11.8 Å². The Kier molecular flexibility index (Phi) is 4.65. The van der Waals surface area contributed by atoms with Crippen molar-refractivity contribution >= 4 is 45.2 Å². The molecule has 28 heavy (non-hydrogen) atoms. The third-order valence-electron chi connectivity index (χ3n) is 5.45. The minimum absolute atomic E-state index is 0.314. The zero-order valence-electron chi connectivity index (χ0n) is 15.4. The molecule has 0 saturated carbocycles. The maximum atomic E-state index is 12.7. The van der Waals surface area contributed by atoms with Crippen molar-refractivity contribution in [3.8, 4) is 0 Å². The monoisotopic (exact) mass is 423 g/mol. The number of urea groups is 1. The van der Waals surface area contributed by atoms with Gasteiger partial charge in [-0.05, 0) is 48.8 Å². The fraction of sp³-hybridized carbons (Fsp3) is 0.500. The van der Waals surface area contributed by atoms with Gasteiger partial charge in [0.1, 0.15) is 5.54 Å². The van der Waals surface area contributed by atoms with Crippen molar-refractivity contribution < 1.29 is 22.8 Å². The SMILES string of the molecule is CS(=O)(=O)N1CCCc2cc(C(=O)CN3C(=O)NC4(CCSC4)C3=O)ccc21. The number of thioether (sulfide) groups is 1. The lowest BCUT2D eigenvalue weighted by Crippen LogP contribution is -2.47. The van der Waals surface area contributed by atoms with Crippen LogP contribution in [0.3, 0.4) is 0 Å². The van der Waals surface area contributed by atoms with E-state index in [2.05, 4.69) is 5.32 Å². The molecule has 1 aromatic carbocycles. The van der Waals surface area contributed by atoms with Crippen LogP contribution in [0.5, 0.6) is 0 Å². The van der Waals surface area contributed by atoms with Crippen molar-refractivity contribution in [2.24, 2.45) is 0 Å². The molecule has 3 aliphatic rings. The van der Waals surface area contributed by atoms with Gasteiger partial charge in [-0.2, -0.15) is 11.8 Å². The van der Waals surface area contributed by atoms with E-state index in [1.54, 1.807) is 30.0 Å². The number of nitrogens with one attached hydrogen (secondary N) is 1. The zero-order valence-corrected chi connectivity index (χ0v) is 17.1. The van der Waals surface area contributed by atoms with Gasteiger partial charge in [-0.25, -0.2) is 13.2 Å². The van der Waals surface area contributed by atoms with Gasteiger partial charge in [0, 0.05) is 17.9 Å². The van der Waals surface area contributed by atoms with E-state index >= 15 is 0 Å². The Morgan fingerprint density at radius 3 is 2.79 bits per heavy atom. The molecule has 1 N–H and O–H groups in total. The fourth-order valence-corrected chi connectivity index (χ4v) is 6.29. The Labute approximate surface area is 167 Å². The molecule has 0 bridgehead atoms. The van der Waals surface area contributed by atoms with E-state index in [0.717, 1.165) is 22.5 Å². The number of sulfonamides is 1. The van der Waals surface area contributed by atoms with Crippen LogP contribution in [0.25, 0.3) is 0 Å². The molecule has 3 aliphatic heterocycles. The minimum atomic E-state index is -3.38. The summed E-state index contributed by atoms with van der Waals surface area (Å²) in [5, 5.41) is 2.75. The lowest BCUT2D eigenvalue weighted by atomic mass is 9.98. The predicted molar refractivity (Wildman–Crippen MR) is 106 cm³/mol. The summed E-state index contributed by atoms with van der Waals surface area (Å²) in [4.78, 5) is 38.7. The average molecular weight is 424 g/mol. The number of imide groups is 1. The van der Waals surface area contributed by atoms with E-state index in [-0.39, 0.29) is 18.2 Å². The van der Waals surface area contributed by atoms with Crippen LogP contribution in [0.2, 0.25) is 0 Å². The minimum Gasteiger partial charge on any atom is -0.322 e. The molecule has 2 fully saturated rings. The molecule has 2 saturated heterocycles. The van der Waals surface area contributed by atoms with E-state index in [9.17, 15) is 22.8 Å². The molecule has 1 aromatic rings. The summed E-state index contributed by atoms with van der Waals surface area (Å²) in [5.74, 6) is 0.653. The lowest BCUT2D eigenvalue weighted by Gasteiger charge is -2.29. The van der Waals surface area contributed by atoms with E-state index in [1.807, 2.05) is 0 Å². The van der Waals surface area contributed by atoms with Crippen LogP contribution < -0.4 is 9.62 Å². The van der Waals surface area contributed by atoms with Crippen molar-refractivity contribution in [3.63, 3.8) is 0 Å². The highest BCUT2D eigenvalue weighted by Crippen LogP contribution is 2.34. The van der Waals surface area contributed by atoms with Gasteiger partial charge < -0.3 is 5.32 Å². The summed E-state index contributed by atoms with van der Waals surface area (Å²) in [7, 11) is -3.38. The molecule has 0 aromatic heterocycles. The number of fused-ring (bicyclic) bond motifs is 1. The van der Waals surface area contributed by atoms with Crippen LogP contribution in [0, 0.1) is 0 Å². The number of ketones is 1. The molecule has 8 nitrogen and oxygen atoms in total. The molecule has 1 unspecified atom stereocenters. The fourth-order valence-electron chi connectivity index (χ4n) is 3.97. The van der Waals surface area contributed by atoms with E-state index in [1.165, 1.54) is 4.31 Å². The Morgan fingerprint density at radius 1 is 1.32 bits per heavy atom. The first-order valence-electron chi connectivity index (χ1n) is 9.07. The first kappa shape index (κ1) is 19.3. The second kappa shape index (κ2) is 6.77. The summed E-state index contributed by atoms with van der Waals surface area (Å²) in [6, 6.07) is 4.34. The van der Waals surface area contributed by atoms with E-state index in [4.69, 9.17) is 0 Å². The third-order valence-corrected chi connectivity index (χ3v) is 7.82. The largest absolute Gasteiger partial charge is 0.325 e. The average Bonchev–Trinajstić information content (AvgIpc) is 3.20.